The van der Waals surface area contributed by atoms with Crippen LogP contribution in [0.15, 0.2) is 12.1 Å². The van der Waals surface area contributed by atoms with E-state index in [9.17, 15) is 12.8 Å². The van der Waals surface area contributed by atoms with Crippen LogP contribution >= 0.6 is 0 Å². The van der Waals surface area contributed by atoms with Crippen molar-refractivity contribution < 1.29 is 17.5 Å². The molecule has 130 valence electrons. The summed E-state index contributed by atoms with van der Waals surface area (Å²) in [6.45, 7) is 6.37. The number of ether oxygens (including phenoxy) is 1. The van der Waals surface area contributed by atoms with Gasteiger partial charge in [0, 0.05) is 6.07 Å². The number of benzene rings is 1. The Morgan fingerprint density at radius 3 is 2.74 bits per heavy atom. The molecule has 1 aromatic carbocycles. The van der Waals surface area contributed by atoms with Crippen molar-refractivity contribution >= 4 is 15.9 Å². The van der Waals surface area contributed by atoms with E-state index in [-0.39, 0.29) is 17.0 Å². The summed E-state index contributed by atoms with van der Waals surface area (Å²) in [4.78, 5) is 0. The molecule has 1 aliphatic rings. The van der Waals surface area contributed by atoms with Crippen molar-refractivity contribution in [3.63, 3.8) is 0 Å². The topological polar surface area (TPSA) is 81.4 Å². The molecule has 0 bridgehead atoms. The Balaban J connectivity index is 2.15. The number of rotatable bonds is 6. The number of nitrogens with one attached hydrogen (secondary N) is 1. The van der Waals surface area contributed by atoms with Gasteiger partial charge in [0.2, 0.25) is 0 Å². The molecule has 0 saturated carbocycles. The van der Waals surface area contributed by atoms with E-state index in [4.69, 9.17) is 9.88 Å². The highest BCUT2D eigenvalue weighted by Crippen LogP contribution is 2.39. The molecular formula is C16H25FN2O3S. The van der Waals surface area contributed by atoms with Crippen LogP contribution in [0, 0.1) is 11.7 Å². The number of hydrogen-bond acceptors (Lipinski definition) is 3. The summed E-state index contributed by atoms with van der Waals surface area (Å²) in [5.74, 6) is 0.296. The number of nitrogens with two attached hydrogens (primary N) is 1. The average Bonchev–Trinajstić information content (AvgIpc) is 2.37. The summed E-state index contributed by atoms with van der Waals surface area (Å²) in [5, 5.41) is 4.92. The van der Waals surface area contributed by atoms with Gasteiger partial charge in [-0.05, 0) is 50.2 Å². The van der Waals surface area contributed by atoms with Crippen molar-refractivity contribution in [1.82, 2.24) is 0 Å². The lowest BCUT2D eigenvalue weighted by Gasteiger charge is -2.36. The van der Waals surface area contributed by atoms with E-state index in [1.54, 1.807) is 6.07 Å². The summed E-state index contributed by atoms with van der Waals surface area (Å²) in [7, 11) is -3.92. The minimum atomic E-state index is -3.92. The van der Waals surface area contributed by atoms with Crippen molar-refractivity contribution in [3.8, 4) is 5.75 Å². The van der Waals surface area contributed by atoms with Gasteiger partial charge in [-0.15, -0.1) is 0 Å². The van der Waals surface area contributed by atoms with Gasteiger partial charge in [0.05, 0.1) is 5.69 Å². The van der Waals surface area contributed by atoms with E-state index in [0.29, 0.717) is 17.9 Å². The van der Waals surface area contributed by atoms with E-state index in [2.05, 4.69) is 18.6 Å². The zero-order chi connectivity index (χ0) is 17.3. The van der Waals surface area contributed by atoms with E-state index in [0.717, 1.165) is 31.7 Å². The fourth-order valence-electron chi connectivity index (χ4n) is 2.93. The van der Waals surface area contributed by atoms with E-state index in [1.165, 1.54) is 0 Å². The van der Waals surface area contributed by atoms with Crippen LogP contribution < -0.4 is 14.6 Å². The van der Waals surface area contributed by atoms with Crippen LogP contribution in [-0.2, 0) is 16.6 Å². The first-order valence-electron chi connectivity index (χ1n) is 7.90. The first kappa shape index (κ1) is 18.0. The van der Waals surface area contributed by atoms with E-state index < -0.39 is 16.0 Å². The molecule has 1 aliphatic heterocycles. The Labute approximate surface area is 137 Å². The third kappa shape index (κ3) is 5.07. The highest BCUT2D eigenvalue weighted by Gasteiger charge is 2.33. The Bertz CT molecular complexity index is 676. The summed E-state index contributed by atoms with van der Waals surface area (Å²) < 4.78 is 44.5. The van der Waals surface area contributed by atoms with Gasteiger partial charge in [-0.3, -0.25) is 4.72 Å². The number of halogens is 1. The van der Waals surface area contributed by atoms with Gasteiger partial charge >= 0.3 is 0 Å². The SMILES string of the molecule is CC(C)CCCC1(C)CCc2cc(NS(N)(=O)=O)cc(F)c2O1. The molecule has 23 heavy (non-hydrogen) atoms. The Morgan fingerprint density at radius 1 is 1.43 bits per heavy atom. The van der Waals surface area contributed by atoms with Gasteiger partial charge in [-0.2, -0.15) is 8.42 Å². The zero-order valence-electron chi connectivity index (χ0n) is 13.9. The number of anilines is 1. The van der Waals surface area contributed by atoms with Crippen LogP contribution in [0.2, 0.25) is 0 Å². The fourth-order valence-corrected chi connectivity index (χ4v) is 3.38. The van der Waals surface area contributed by atoms with Gasteiger partial charge < -0.3 is 4.74 Å². The maximum atomic E-state index is 14.3. The van der Waals surface area contributed by atoms with Gasteiger partial charge in [-0.25, -0.2) is 9.53 Å². The lowest BCUT2D eigenvalue weighted by molar-refractivity contribution is 0.0481. The summed E-state index contributed by atoms with van der Waals surface area (Å²) >= 11 is 0. The molecule has 5 nitrogen and oxygen atoms in total. The molecule has 7 heteroatoms. The van der Waals surface area contributed by atoms with Gasteiger partial charge in [0.15, 0.2) is 11.6 Å². The molecule has 1 unspecified atom stereocenters. The molecule has 0 aromatic heterocycles. The van der Waals surface area contributed by atoms with Crippen LogP contribution in [0.1, 0.15) is 52.0 Å². The third-order valence-corrected chi connectivity index (χ3v) is 4.66. The highest BCUT2D eigenvalue weighted by atomic mass is 32.2. The molecule has 1 heterocycles. The standard InChI is InChI=1S/C16H25FN2O3S/c1-11(2)5-4-7-16(3)8-6-12-9-13(19-23(18,20)21)10-14(17)15(12)22-16/h9-11,19H,4-8H2,1-3H3,(H2,18,20,21). The smallest absolute Gasteiger partial charge is 0.296 e. The number of aryl methyl sites for hydroxylation is 1. The maximum Gasteiger partial charge on any atom is 0.296 e. The third-order valence-electron chi connectivity index (χ3n) is 4.14. The Hall–Kier alpha value is -1.34. The van der Waals surface area contributed by atoms with Gasteiger partial charge in [0.25, 0.3) is 10.2 Å². The molecule has 0 spiro atoms. The van der Waals surface area contributed by atoms with Crippen molar-refractivity contribution in [3.05, 3.63) is 23.5 Å². The molecule has 3 N–H and O–H groups in total. The van der Waals surface area contributed by atoms with Crippen molar-refractivity contribution in [2.24, 2.45) is 11.1 Å². The molecule has 0 aliphatic carbocycles. The summed E-state index contributed by atoms with van der Waals surface area (Å²) in [5.41, 5.74) is 0.408. The average molecular weight is 344 g/mol. The zero-order valence-corrected chi connectivity index (χ0v) is 14.7. The van der Waals surface area contributed by atoms with Crippen molar-refractivity contribution in [2.75, 3.05) is 4.72 Å². The monoisotopic (exact) mass is 344 g/mol. The molecule has 1 atom stereocenters. The van der Waals surface area contributed by atoms with Crippen LogP contribution in [0.4, 0.5) is 10.1 Å². The first-order chi connectivity index (χ1) is 10.6. The minimum Gasteiger partial charge on any atom is -0.484 e. The molecule has 0 radical (unpaired) electrons. The van der Waals surface area contributed by atoms with E-state index in [1.807, 2.05) is 6.92 Å². The number of hydrogen-bond donors (Lipinski definition) is 2. The normalized spacial score (nSPS) is 21.0. The molecule has 1 aromatic rings. The quantitative estimate of drug-likeness (QED) is 0.830. The molecule has 0 fully saturated rings. The fraction of sp³-hybridized carbons (Fsp3) is 0.625. The van der Waals surface area contributed by atoms with E-state index >= 15 is 0 Å². The Morgan fingerprint density at radius 2 is 2.13 bits per heavy atom. The van der Waals surface area contributed by atoms with Crippen LogP contribution in [0.3, 0.4) is 0 Å². The predicted octanol–water partition coefficient (Wildman–Crippen LogP) is 3.35. The Kier molecular flexibility index (Phi) is 5.20. The second kappa shape index (κ2) is 6.65. The first-order valence-corrected chi connectivity index (χ1v) is 9.45. The molecule has 0 saturated heterocycles. The lowest BCUT2D eigenvalue weighted by Crippen LogP contribution is -2.37. The van der Waals surface area contributed by atoms with Crippen molar-refractivity contribution in [1.29, 1.82) is 0 Å². The second-order valence-electron chi connectivity index (χ2n) is 6.93. The van der Waals surface area contributed by atoms with Crippen LogP contribution in [-0.4, -0.2) is 14.0 Å². The number of fused-ring (bicyclic) bond motifs is 1. The van der Waals surface area contributed by atoms with Gasteiger partial charge in [0.1, 0.15) is 5.60 Å². The minimum absolute atomic E-state index is 0.121. The molecule has 0 amide bonds. The summed E-state index contributed by atoms with van der Waals surface area (Å²) in [6.07, 6.45) is 4.45. The van der Waals surface area contributed by atoms with Crippen LogP contribution in [0.5, 0.6) is 5.75 Å². The lowest BCUT2D eigenvalue weighted by atomic mass is 9.87. The highest BCUT2D eigenvalue weighted by molar-refractivity contribution is 7.90. The predicted molar refractivity (Wildman–Crippen MR) is 89.2 cm³/mol. The molecule has 2 rings (SSSR count). The largest absolute Gasteiger partial charge is 0.484 e. The van der Waals surface area contributed by atoms with Crippen LogP contribution in [0.25, 0.3) is 0 Å². The summed E-state index contributed by atoms with van der Waals surface area (Å²) in [6, 6.07) is 2.68. The maximum absolute atomic E-state index is 14.3. The van der Waals surface area contributed by atoms with Crippen molar-refractivity contribution in [2.45, 2.75) is 58.5 Å². The molecular weight excluding hydrogens is 319 g/mol. The second-order valence-corrected chi connectivity index (χ2v) is 8.23. The van der Waals surface area contributed by atoms with Gasteiger partial charge in [-0.1, -0.05) is 20.3 Å².